The third-order valence-electron chi connectivity index (χ3n) is 4.59. The summed E-state index contributed by atoms with van der Waals surface area (Å²) in [5.41, 5.74) is 3.88. The van der Waals surface area contributed by atoms with Crippen LogP contribution in [-0.2, 0) is 4.79 Å². The van der Waals surface area contributed by atoms with Crippen LogP contribution in [0.2, 0.25) is 0 Å². The van der Waals surface area contributed by atoms with Crippen molar-refractivity contribution in [3.8, 4) is 17.1 Å². The Morgan fingerprint density at radius 3 is 2.40 bits per heavy atom. The van der Waals surface area contributed by atoms with E-state index in [0.717, 1.165) is 22.4 Å². The molecule has 1 aromatic heterocycles. The Morgan fingerprint density at radius 2 is 1.70 bits per heavy atom. The highest BCUT2D eigenvalue weighted by atomic mass is 16.5. The number of carbonyl (C=O) groups excluding carboxylic acids is 2. The van der Waals surface area contributed by atoms with Gasteiger partial charge in [-0.2, -0.15) is 0 Å². The number of para-hydroxylation sites is 2. The summed E-state index contributed by atoms with van der Waals surface area (Å²) in [7, 11) is 1.56. The Kier molecular flexibility index (Phi) is 5.43. The molecule has 0 aliphatic rings. The minimum atomic E-state index is -0.326. The minimum Gasteiger partial charge on any atom is -0.497 e. The van der Waals surface area contributed by atoms with Gasteiger partial charge in [0.05, 0.1) is 24.7 Å². The molecule has 0 fully saturated rings. The van der Waals surface area contributed by atoms with Gasteiger partial charge in [0.1, 0.15) is 11.6 Å². The molecule has 3 N–H and O–H groups in total. The number of methoxy groups -OCH3 is 1. The number of hydrogen-bond acceptors (Lipinski definition) is 4. The van der Waals surface area contributed by atoms with Gasteiger partial charge in [0.25, 0.3) is 5.91 Å². The molecule has 0 unspecified atom stereocenters. The van der Waals surface area contributed by atoms with Crippen molar-refractivity contribution in [2.45, 2.75) is 0 Å². The van der Waals surface area contributed by atoms with Crippen molar-refractivity contribution in [2.24, 2.45) is 0 Å². The number of nitrogens with zero attached hydrogens (tertiary/aromatic N) is 1. The van der Waals surface area contributed by atoms with Gasteiger partial charge in [-0.3, -0.25) is 9.59 Å². The Labute approximate surface area is 173 Å². The van der Waals surface area contributed by atoms with Gasteiger partial charge in [-0.1, -0.05) is 12.1 Å². The molecule has 0 bridgehead atoms. The van der Waals surface area contributed by atoms with Gasteiger partial charge < -0.3 is 20.4 Å². The molecule has 0 saturated heterocycles. The first kappa shape index (κ1) is 19.2. The number of anilines is 1. The van der Waals surface area contributed by atoms with Crippen molar-refractivity contribution in [2.75, 3.05) is 19.0 Å². The second-order valence-electron chi connectivity index (χ2n) is 6.64. The van der Waals surface area contributed by atoms with E-state index < -0.39 is 0 Å². The number of nitrogens with one attached hydrogen (secondary N) is 3. The first-order chi connectivity index (χ1) is 14.6. The molecule has 0 radical (unpaired) electrons. The second-order valence-corrected chi connectivity index (χ2v) is 6.64. The van der Waals surface area contributed by atoms with Crippen molar-refractivity contribution in [1.29, 1.82) is 0 Å². The second kappa shape index (κ2) is 8.48. The number of hydrogen-bond donors (Lipinski definition) is 3. The number of rotatable bonds is 6. The summed E-state index contributed by atoms with van der Waals surface area (Å²) in [5.74, 6) is 0.789. The number of ether oxygens (including phenoxy) is 1. The SMILES string of the molecule is COc1ccc(C(=O)NCC(=O)Nc2ccc(-c3nc4ccccc4[nH]3)cc2)cc1. The van der Waals surface area contributed by atoms with Crippen LogP contribution in [0.15, 0.2) is 72.8 Å². The largest absolute Gasteiger partial charge is 0.497 e. The van der Waals surface area contributed by atoms with Crippen molar-refractivity contribution in [3.63, 3.8) is 0 Å². The number of benzene rings is 3. The van der Waals surface area contributed by atoms with Crippen molar-refractivity contribution in [3.05, 3.63) is 78.4 Å². The molecule has 150 valence electrons. The molecule has 7 heteroatoms. The summed E-state index contributed by atoms with van der Waals surface area (Å²) < 4.78 is 5.06. The summed E-state index contributed by atoms with van der Waals surface area (Å²) in [4.78, 5) is 32.1. The zero-order chi connectivity index (χ0) is 20.9. The molecule has 0 spiro atoms. The quantitative estimate of drug-likeness (QED) is 0.461. The highest BCUT2D eigenvalue weighted by Gasteiger charge is 2.09. The molecule has 3 aromatic carbocycles. The van der Waals surface area contributed by atoms with E-state index in [0.29, 0.717) is 17.0 Å². The summed E-state index contributed by atoms with van der Waals surface area (Å²) in [6.45, 7) is -0.129. The molecule has 4 rings (SSSR count). The van der Waals surface area contributed by atoms with Gasteiger partial charge in [0.2, 0.25) is 5.91 Å². The summed E-state index contributed by atoms with van der Waals surface area (Å²) >= 11 is 0. The van der Waals surface area contributed by atoms with Crippen LogP contribution in [0.25, 0.3) is 22.4 Å². The van der Waals surface area contributed by atoms with Gasteiger partial charge in [-0.15, -0.1) is 0 Å². The lowest BCUT2D eigenvalue weighted by atomic mass is 10.2. The van der Waals surface area contributed by atoms with E-state index in [1.54, 1.807) is 43.5 Å². The monoisotopic (exact) mass is 400 g/mol. The van der Waals surface area contributed by atoms with E-state index in [4.69, 9.17) is 4.74 Å². The van der Waals surface area contributed by atoms with Crippen molar-refractivity contribution in [1.82, 2.24) is 15.3 Å². The van der Waals surface area contributed by atoms with Gasteiger partial charge in [0, 0.05) is 16.8 Å². The third-order valence-corrected chi connectivity index (χ3v) is 4.59. The zero-order valence-electron chi connectivity index (χ0n) is 16.3. The van der Waals surface area contributed by atoms with Crippen LogP contribution in [0.4, 0.5) is 5.69 Å². The predicted octanol–water partition coefficient (Wildman–Crippen LogP) is 3.61. The van der Waals surface area contributed by atoms with Crippen LogP contribution < -0.4 is 15.4 Å². The van der Waals surface area contributed by atoms with Crippen LogP contribution in [0, 0.1) is 0 Å². The molecule has 4 aromatic rings. The smallest absolute Gasteiger partial charge is 0.251 e. The van der Waals surface area contributed by atoms with Crippen molar-refractivity contribution < 1.29 is 14.3 Å². The average molecular weight is 400 g/mol. The molecule has 30 heavy (non-hydrogen) atoms. The van der Waals surface area contributed by atoms with E-state index in [-0.39, 0.29) is 18.4 Å². The Bertz CT molecular complexity index is 1150. The molecule has 0 aliphatic heterocycles. The fourth-order valence-electron chi connectivity index (χ4n) is 3.01. The van der Waals surface area contributed by atoms with E-state index in [1.165, 1.54) is 0 Å². The predicted molar refractivity (Wildman–Crippen MR) is 115 cm³/mol. The lowest BCUT2D eigenvalue weighted by molar-refractivity contribution is -0.115. The van der Waals surface area contributed by atoms with Crippen LogP contribution in [0.5, 0.6) is 5.75 Å². The fraction of sp³-hybridized carbons (Fsp3) is 0.0870. The van der Waals surface area contributed by atoms with Gasteiger partial charge in [0.15, 0.2) is 0 Å². The average Bonchev–Trinajstić information content (AvgIpc) is 3.22. The van der Waals surface area contributed by atoms with Crippen LogP contribution in [0.3, 0.4) is 0 Å². The highest BCUT2D eigenvalue weighted by Crippen LogP contribution is 2.22. The van der Waals surface area contributed by atoms with Gasteiger partial charge in [-0.25, -0.2) is 4.98 Å². The molecule has 2 amide bonds. The Morgan fingerprint density at radius 1 is 0.967 bits per heavy atom. The molecule has 7 nitrogen and oxygen atoms in total. The number of amides is 2. The number of aromatic nitrogens is 2. The van der Waals surface area contributed by atoms with E-state index in [1.807, 2.05) is 36.4 Å². The fourth-order valence-corrected chi connectivity index (χ4v) is 3.01. The number of aromatic amines is 1. The normalized spacial score (nSPS) is 10.6. The topological polar surface area (TPSA) is 96.1 Å². The molecular formula is C23H20N4O3. The number of carbonyl (C=O) groups is 2. The Hall–Kier alpha value is -4.13. The maximum atomic E-state index is 12.2. The highest BCUT2D eigenvalue weighted by molar-refractivity contribution is 5.99. The van der Waals surface area contributed by atoms with E-state index >= 15 is 0 Å². The van der Waals surface area contributed by atoms with E-state index in [2.05, 4.69) is 20.6 Å². The van der Waals surface area contributed by atoms with Crippen LogP contribution >= 0.6 is 0 Å². The maximum absolute atomic E-state index is 12.2. The van der Waals surface area contributed by atoms with E-state index in [9.17, 15) is 9.59 Å². The third kappa shape index (κ3) is 4.30. The van der Waals surface area contributed by atoms with Gasteiger partial charge in [-0.05, 0) is 60.7 Å². The lowest BCUT2D eigenvalue weighted by Gasteiger charge is -2.08. The summed E-state index contributed by atoms with van der Waals surface area (Å²) in [5, 5.41) is 5.37. The zero-order valence-corrected chi connectivity index (χ0v) is 16.3. The number of H-pyrrole nitrogens is 1. The van der Waals surface area contributed by atoms with Crippen molar-refractivity contribution >= 4 is 28.5 Å². The molecule has 0 atom stereocenters. The Balaban J connectivity index is 1.33. The molecule has 1 heterocycles. The van der Waals surface area contributed by atoms with Crippen LogP contribution in [-0.4, -0.2) is 35.4 Å². The molecule has 0 saturated carbocycles. The molecule has 0 aliphatic carbocycles. The standard InChI is InChI=1S/C23H20N4O3/c1-30-18-12-8-16(9-13-18)23(29)24-14-21(28)25-17-10-6-15(7-11-17)22-26-19-4-2-3-5-20(19)27-22/h2-13H,14H2,1H3,(H,24,29)(H,25,28)(H,26,27). The minimum absolute atomic E-state index is 0.129. The number of fused-ring (bicyclic) bond motifs is 1. The number of imidazole rings is 1. The lowest BCUT2D eigenvalue weighted by Crippen LogP contribution is -2.32. The first-order valence-electron chi connectivity index (χ1n) is 9.40. The first-order valence-corrected chi connectivity index (χ1v) is 9.40. The summed E-state index contributed by atoms with van der Waals surface area (Å²) in [6.07, 6.45) is 0. The summed E-state index contributed by atoms with van der Waals surface area (Å²) in [6, 6.07) is 21.8. The molecular weight excluding hydrogens is 380 g/mol. The maximum Gasteiger partial charge on any atom is 0.251 e. The van der Waals surface area contributed by atoms with Crippen LogP contribution in [0.1, 0.15) is 10.4 Å². The van der Waals surface area contributed by atoms with Gasteiger partial charge >= 0.3 is 0 Å².